The van der Waals surface area contributed by atoms with E-state index in [1.54, 1.807) is 0 Å². The van der Waals surface area contributed by atoms with Gasteiger partial charge in [0.15, 0.2) is 0 Å². The Morgan fingerprint density at radius 2 is 1.78 bits per heavy atom. The Kier molecular flexibility index (Phi) is 10.4. The van der Waals surface area contributed by atoms with Crippen LogP contribution in [-0.2, 0) is 8.85 Å². The van der Waals surface area contributed by atoms with Gasteiger partial charge in [-0.25, -0.2) is 0 Å². The summed E-state index contributed by atoms with van der Waals surface area (Å²) in [5, 5.41) is 0. The lowest BCUT2D eigenvalue weighted by molar-refractivity contribution is 0.119. The lowest BCUT2D eigenvalue weighted by Crippen LogP contribution is -2.39. The summed E-state index contributed by atoms with van der Waals surface area (Å²) in [7, 11) is -1.96. The molecule has 0 fully saturated rings. The topological polar surface area (TPSA) is 18.5 Å². The molecule has 0 saturated heterocycles. The van der Waals surface area contributed by atoms with Gasteiger partial charge in [-0.2, -0.15) is 0 Å². The summed E-state index contributed by atoms with van der Waals surface area (Å²) in [5.74, 6) is 6.40. The number of hydrogen-bond donors (Lipinski definition) is 0. The van der Waals surface area contributed by atoms with Crippen LogP contribution >= 0.6 is 0 Å². The molecule has 0 aliphatic rings. The van der Waals surface area contributed by atoms with Crippen LogP contribution in [0, 0.1) is 11.8 Å². The maximum Gasteiger partial charge on any atom is 0.331 e. The van der Waals surface area contributed by atoms with Gasteiger partial charge in [0.2, 0.25) is 0 Å². The molecule has 18 heavy (non-hydrogen) atoms. The fourth-order valence-electron chi connectivity index (χ4n) is 1.57. The Labute approximate surface area is 115 Å². The predicted molar refractivity (Wildman–Crippen MR) is 80.8 cm³/mol. The molecule has 1 atom stereocenters. The summed E-state index contributed by atoms with van der Waals surface area (Å²) in [6.45, 7) is 11.6. The van der Waals surface area contributed by atoms with Crippen LogP contribution in [0.2, 0.25) is 13.1 Å². The maximum atomic E-state index is 6.13. The summed E-state index contributed by atoms with van der Waals surface area (Å²) in [6.07, 6.45) is 6.49. The second kappa shape index (κ2) is 10.6. The molecule has 1 unspecified atom stereocenters. The van der Waals surface area contributed by atoms with Gasteiger partial charge in [0, 0.05) is 19.4 Å². The van der Waals surface area contributed by atoms with Gasteiger partial charge in [0.1, 0.15) is 0 Å². The molecule has 106 valence electrons. The Balaban J connectivity index is 4.05. The smallest absolute Gasteiger partial charge is 0.331 e. The van der Waals surface area contributed by atoms with Crippen LogP contribution in [0.4, 0.5) is 0 Å². The highest BCUT2D eigenvalue weighted by molar-refractivity contribution is 6.64. The molecule has 0 aliphatic carbocycles. The second-order valence-corrected chi connectivity index (χ2v) is 8.38. The van der Waals surface area contributed by atoms with E-state index in [0.29, 0.717) is 0 Å². The van der Waals surface area contributed by atoms with Gasteiger partial charge in [-0.05, 0) is 32.4 Å². The zero-order valence-corrected chi connectivity index (χ0v) is 13.8. The lowest BCUT2D eigenvalue weighted by atomic mass is 10.2. The van der Waals surface area contributed by atoms with Crippen molar-refractivity contribution >= 4 is 8.56 Å². The standard InChI is InChI=1S/C15H30O2Si/c1-6-9-11-12-13-15(8-3)17-18(4,5)16-14-10-7-2/h15H,6-10,13-14H2,1-5H3. The minimum absolute atomic E-state index is 0.234. The molecule has 3 heteroatoms. The van der Waals surface area contributed by atoms with E-state index >= 15 is 0 Å². The van der Waals surface area contributed by atoms with Gasteiger partial charge in [-0.15, -0.1) is 11.8 Å². The van der Waals surface area contributed by atoms with E-state index in [9.17, 15) is 0 Å². The molecule has 0 heterocycles. The summed E-state index contributed by atoms with van der Waals surface area (Å²) in [5.41, 5.74) is 0. The van der Waals surface area contributed by atoms with Crippen LogP contribution < -0.4 is 0 Å². The van der Waals surface area contributed by atoms with Crippen molar-refractivity contribution in [2.45, 2.75) is 78.5 Å². The Bertz CT molecular complexity index is 253. The molecule has 0 aliphatic heterocycles. The van der Waals surface area contributed by atoms with Crippen LogP contribution in [0.25, 0.3) is 0 Å². The third-order valence-electron chi connectivity index (χ3n) is 2.68. The van der Waals surface area contributed by atoms with E-state index in [1.165, 1.54) is 6.42 Å². The summed E-state index contributed by atoms with van der Waals surface area (Å²) in [6, 6.07) is 0. The Hall–Kier alpha value is -0.303. The van der Waals surface area contributed by atoms with Gasteiger partial charge < -0.3 is 8.85 Å². The van der Waals surface area contributed by atoms with E-state index < -0.39 is 8.56 Å². The zero-order chi connectivity index (χ0) is 13.9. The van der Waals surface area contributed by atoms with Gasteiger partial charge in [0.05, 0.1) is 6.10 Å². The summed E-state index contributed by atoms with van der Waals surface area (Å²) < 4.78 is 12.0. The van der Waals surface area contributed by atoms with Crippen LogP contribution in [0.15, 0.2) is 0 Å². The fraction of sp³-hybridized carbons (Fsp3) is 0.867. The molecule has 0 aromatic carbocycles. The van der Waals surface area contributed by atoms with Gasteiger partial charge >= 0.3 is 8.56 Å². The van der Waals surface area contributed by atoms with Crippen molar-refractivity contribution in [3.8, 4) is 11.8 Å². The molecule has 0 aromatic rings. The minimum Gasteiger partial charge on any atom is -0.395 e. The minimum atomic E-state index is -1.96. The van der Waals surface area contributed by atoms with Crippen LogP contribution in [0.5, 0.6) is 0 Å². The summed E-state index contributed by atoms with van der Waals surface area (Å²) >= 11 is 0. The first-order valence-electron chi connectivity index (χ1n) is 7.33. The monoisotopic (exact) mass is 270 g/mol. The van der Waals surface area contributed by atoms with Crippen molar-refractivity contribution in [1.29, 1.82) is 0 Å². The van der Waals surface area contributed by atoms with Gasteiger partial charge in [-0.1, -0.05) is 27.2 Å². The highest BCUT2D eigenvalue weighted by Crippen LogP contribution is 2.15. The molecule has 0 rings (SSSR count). The molecule has 0 spiro atoms. The highest BCUT2D eigenvalue weighted by atomic mass is 28.4. The fourth-order valence-corrected chi connectivity index (χ4v) is 3.32. The molecule has 0 N–H and O–H groups in total. The van der Waals surface area contributed by atoms with Gasteiger partial charge in [0.25, 0.3) is 0 Å². The second-order valence-electron chi connectivity index (χ2n) is 5.06. The number of unbranched alkanes of at least 4 members (excludes halogenated alkanes) is 2. The van der Waals surface area contributed by atoms with E-state index in [1.807, 2.05) is 0 Å². The third-order valence-corrected chi connectivity index (χ3v) is 4.48. The van der Waals surface area contributed by atoms with E-state index in [0.717, 1.165) is 38.7 Å². The highest BCUT2D eigenvalue weighted by Gasteiger charge is 2.27. The van der Waals surface area contributed by atoms with Crippen molar-refractivity contribution in [1.82, 2.24) is 0 Å². The third kappa shape index (κ3) is 9.70. The number of hydrogen-bond acceptors (Lipinski definition) is 2. The zero-order valence-electron chi connectivity index (χ0n) is 12.8. The van der Waals surface area contributed by atoms with Crippen molar-refractivity contribution in [3.05, 3.63) is 0 Å². The van der Waals surface area contributed by atoms with Crippen molar-refractivity contribution in [3.63, 3.8) is 0 Å². The Morgan fingerprint density at radius 1 is 1.06 bits per heavy atom. The van der Waals surface area contributed by atoms with Crippen molar-refractivity contribution in [2.75, 3.05) is 6.61 Å². The number of rotatable bonds is 9. The molecule has 0 saturated carbocycles. The molecule has 0 radical (unpaired) electrons. The van der Waals surface area contributed by atoms with E-state index in [-0.39, 0.29) is 6.10 Å². The van der Waals surface area contributed by atoms with Gasteiger partial charge in [-0.3, -0.25) is 0 Å². The SMILES string of the molecule is CCCC#CCC(CC)O[Si](C)(C)OCCCC. The van der Waals surface area contributed by atoms with Crippen molar-refractivity contribution in [2.24, 2.45) is 0 Å². The van der Waals surface area contributed by atoms with Crippen LogP contribution in [0.1, 0.15) is 59.3 Å². The first-order chi connectivity index (χ1) is 8.55. The Morgan fingerprint density at radius 3 is 2.33 bits per heavy atom. The molecular weight excluding hydrogens is 240 g/mol. The first kappa shape index (κ1) is 17.7. The maximum absolute atomic E-state index is 6.13. The normalized spacial score (nSPS) is 12.9. The molecule has 0 amide bonds. The van der Waals surface area contributed by atoms with Crippen LogP contribution in [0.3, 0.4) is 0 Å². The molecule has 0 bridgehead atoms. The van der Waals surface area contributed by atoms with Crippen LogP contribution in [-0.4, -0.2) is 21.3 Å². The average molecular weight is 270 g/mol. The molecule has 2 nitrogen and oxygen atoms in total. The summed E-state index contributed by atoms with van der Waals surface area (Å²) in [4.78, 5) is 0. The van der Waals surface area contributed by atoms with Crippen molar-refractivity contribution < 1.29 is 8.85 Å². The average Bonchev–Trinajstić information content (AvgIpc) is 2.33. The first-order valence-corrected chi connectivity index (χ1v) is 10.1. The molecule has 0 aromatic heterocycles. The largest absolute Gasteiger partial charge is 0.395 e. The van der Waals surface area contributed by atoms with E-state index in [2.05, 4.69) is 45.7 Å². The molecular formula is C15H30O2Si. The quantitative estimate of drug-likeness (QED) is 0.349. The predicted octanol–water partition coefficient (Wildman–Crippen LogP) is 4.49. The lowest BCUT2D eigenvalue weighted by Gasteiger charge is -2.27. The van der Waals surface area contributed by atoms with E-state index in [4.69, 9.17) is 8.85 Å².